The van der Waals surface area contributed by atoms with E-state index < -0.39 is 7.92 Å². The molecule has 0 aliphatic carbocycles. The van der Waals surface area contributed by atoms with Crippen molar-refractivity contribution in [3.63, 3.8) is 0 Å². The number of aromatic nitrogens is 3. The fourth-order valence-corrected chi connectivity index (χ4v) is 5.31. The molecule has 2 heterocycles. The summed E-state index contributed by atoms with van der Waals surface area (Å²) in [5.74, 6) is 0.795. The average Bonchev–Trinajstić information content (AvgIpc) is 3.04. The highest BCUT2D eigenvalue weighted by Crippen LogP contribution is 2.37. The van der Waals surface area contributed by atoms with Crippen LogP contribution in [0, 0.1) is 13.8 Å². The van der Waals surface area contributed by atoms with Gasteiger partial charge in [-0.3, -0.25) is 4.40 Å². The Morgan fingerprint density at radius 2 is 1.44 bits per heavy atom. The van der Waals surface area contributed by atoms with Crippen molar-refractivity contribution >= 4 is 24.3 Å². The second kappa shape index (κ2) is 6.78. The Balaban J connectivity index is 1.75. The summed E-state index contributed by atoms with van der Waals surface area (Å²) in [6.07, 6.45) is 3.06. The van der Waals surface area contributed by atoms with Crippen LogP contribution in [0.1, 0.15) is 17.1 Å². The van der Waals surface area contributed by atoms with Gasteiger partial charge in [0, 0.05) is 23.7 Å². The van der Waals surface area contributed by atoms with Gasteiger partial charge < -0.3 is 0 Å². The van der Waals surface area contributed by atoms with Gasteiger partial charge in [-0.1, -0.05) is 60.7 Å². The molecule has 0 spiro atoms. The van der Waals surface area contributed by atoms with Crippen molar-refractivity contribution in [2.45, 2.75) is 20.0 Å². The number of benzene rings is 2. The van der Waals surface area contributed by atoms with Gasteiger partial charge in [0.1, 0.15) is 0 Å². The molecule has 25 heavy (non-hydrogen) atoms. The van der Waals surface area contributed by atoms with Crippen molar-refractivity contribution < 1.29 is 0 Å². The molecule has 4 rings (SSSR count). The highest BCUT2D eigenvalue weighted by atomic mass is 31.1. The first-order chi connectivity index (χ1) is 12.2. The number of imidazole rings is 1. The Morgan fingerprint density at radius 1 is 0.840 bits per heavy atom. The molecule has 0 bridgehead atoms. The Bertz CT molecular complexity index is 954. The van der Waals surface area contributed by atoms with Crippen LogP contribution in [0.2, 0.25) is 0 Å². The van der Waals surface area contributed by atoms with Crippen LogP contribution in [0.3, 0.4) is 0 Å². The molecule has 4 heteroatoms. The van der Waals surface area contributed by atoms with Crippen LogP contribution >= 0.6 is 7.92 Å². The molecule has 2 aromatic heterocycles. The van der Waals surface area contributed by atoms with Crippen molar-refractivity contribution in [1.29, 1.82) is 0 Å². The lowest BCUT2D eigenvalue weighted by atomic mass is 10.3. The molecule has 4 aromatic rings. The van der Waals surface area contributed by atoms with Crippen molar-refractivity contribution in [1.82, 2.24) is 14.4 Å². The van der Waals surface area contributed by atoms with E-state index >= 15 is 0 Å². The normalized spacial score (nSPS) is 11.3. The molecule has 0 aliphatic rings. The summed E-state index contributed by atoms with van der Waals surface area (Å²) in [5.41, 5.74) is 3.28. The van der Waals surface area contributed by atoms with Gasteiger partial charge >= 0.3 is 0 Å². The highest BCUT2D eigenvalue weighted by Gasteiger charge is 2.16. The summed E-state index contributed by atoms with van der Waals surface area (Å²) in [6, 6.07) is 23.6. The standard InChI is InChI=1S/C21H20N3P/c1-16-13-17(2)24-14-18(23-21(24)22-16)15-25(19-9-5-3-6-10-19)20-11-7-4-8-12-20/h3-14H,15H2,1-2H3. The van der Waals surface area contributed by atoms with Crippen LogP contribution in [0.15, 0.2) is 72.9 Å². The predicted octanol–water partition coefficient (Wildman–Crippen LogP) is 3.98. The van der Waals surface area contributed by atoms with E-state index in [1.165, 1.54) is 16.3 Å². The van der Waals surface area contributed by atoms with E-state index in [1.54, 1.807) is 0 Å². The number of nitrogens with zero attached hydrogens (tertiary/aromatic N) is 3. The Labute approximate surface area is 149 Å². The second-order valence-corrected chi connectivity index (χ2v) is 8.40. The van der Waals surface area contributed by atoms with Gasteiger partial charge in [0.25, 0.3) is 0 Å². The maximum absolute atomic E-state index is 4.79. The molecular weight excluding hydrogens is 325 g/mol. The number of aryl methyl sites for hydroxylation is 2. The minimum Gasteiger partial charge on any atom is -0.288 e. The van der Waals surface area contributed by atoms with Gasteiger partial charge in [0.15, 0.2) is 0 Å². The first kappa shape index (κ1) is 16.0. The van der Waals surface area contributed by atoms with Gasteiger partial charge in [-0.05, 0) is 38.4 Å². The van der Waals surface area contributed by atoms with E-state index in [2.05, 4.69) is 89.2 Å². The number of hydrogen-bond donors (Lipinski definition) is 0. The van der Waals surface area contributed by atoms with Crippen LogP contribution in [-0.2, 0) is 6.16 Å². The largest absolute Gasteiger partial charge is 0.288 e. The lowest BCUT2D eigenvalue weighted by molar-refractivity contribution is 1.01. The second-order valence-electron chi connectivity index (χ2n) is 6.20. The molecule has 0 fully saturated rings. The zero-order chi connectivity index (χ0) is 17.2. The molecule has 0 N–H and O–H groups in total. The average molecular weight is 345 g/mol. The SMILES string of the molecule is Cc1cc(C)n2cc(CP(c3ccccc3)c3ccccc3)nc2n1. The third kappa shape index (κ3) is 3.33. The van der Waals surface area contributed by atoms with Crippen molar-refractivity contribution in [3.8, 4) is 0 Å². The molecule has 0 radical (unpaired) electrons. The van der Waals surface area contributed by atoms with Crippen molar-refractivity contribution in [2.24, 2.45) is 0 Å². The fourth-order valence-electron chi connectivity index (χ4n) is 3.10. The number of fused-ring (bicyclic) bond motifs is 1. The summed E-state index contributed by atoms with van der Waals surface area (Å²) in [7, 11) is -0.485. The van der Waals surface area contributed by atoms with E-state index in [0.717, 1.165) is 23.3 Å². The van der Waals surface area contributed by atoms with Gasteiger partial charge in [-0.15, -0.1) is 0 Å². The first-order valence-electron chi connectivity index (χ1n) is 8.40. The number of hydrogen-bond acceptors (Lipinski definition) is 2. The van der Waals surface area contributed by atoms with Crippen molar-refractivity contribution in [2.75, 3.05) is 0 Å². The molecule has 0 atom stereocenters. The Morgan fingerprint density at radius 3 is 2.04 bits per heavy atom. The maximum atomic E-state index is 4.79. The molecule has 0 saturated heterocycles. The van der Waals surface area contributed by atoms with Crippen LogP contribution in [0.25, 0.3) is 5.78 Å². The Hall–Kier alpha value is -2.51. The fraction of sp³-hybridized carbons (Fsp3) is 0.143. The monoisotopic (exact) mass is 345 g/mol. The predicted molar refractivity (Wildman–Crippen MR) is 105 cm³/mol. The van der Waals surface area contributed by atoms with Gasteiger partial charge in [-0.2, -0.15) is 0 Å². The van der Waals surface area contributed by atoms with Crippen molar-refractivity contribution in [3.05, 3.63) is 90.0 Å². The zero-order valence-electron chi connectivity index (χ0n) is 14.4. The third-order valence-corrected chi connectivity index (χ3v) is 6.75. The smallest absolute Gasteiger partial charge is 0.234 e. The highest BCUT2D eigenvalue weighted by molar-refractivity contribution is 7.72. The molecule has 0 aliphatic heterocycles. The van der Waals surface area contributed by atoms with E-state index in [1.807, 2.05) is 6.92 Å². The molecular formula is C21H20N3P. The zero-order valence-corrected chi connectivity index (χ0v) is 15.3. The topological polar surface area (TPSA) is 30.2 Å². The van der Waals surface area contributed by atoms with Crippen LogP contribution in [0.5, 0.6) is 0 Å². The van der Waals surface area contributed by atoms with Gasteiger partial charge in [0.2, 0.25) is 5.78 Å². The minimum absolute atomic E-state index is 0.485. The molecule has 0 amide bonds. The Kier molecular flexibility index (Phi) is 4.33. The first-order valence-corrected chi connectivity index (χ1v) is 9.93. The molecule has 2 aromatic carbocycles. The summed E-state index contributed by atoms with van der Waals surface area (Å²) < 4.78 is 2.09. The lowest BCUT2D eigenvalue weighted by Gasteiger charge is -2.17. The van der Waals surface area contributed by atoms with Crippen LogP contribution in [0.4, 0.5) is 0 Å². The van der Waals surface area contributed by atoms with E-state index in [-0.39, 0.29) is 0 Å². The van der Waals surface area contributed by atoms with Gasteiger partial charge in [0.05, 0.1) is 5.69 Å². The minimum atomic E-state index is -0.485. The molecule has 3 nitrogen and oxygen atoms in total. The summed E-state index contributed by atoms with van der Waals surface area (Å²) in [5, 5.41) is 2.75. The lowest BCUT2D eigenvalue weighted by Crippen LogP contribution is -2.13. The van der Waals surface area contributed by atoms with Crippen LogP contribution < -0.4 is 10.6 Å². The van der Waals surface area contributed by atoms with E-state index in [0.29, 0.717) is 0 Å². The van der Waals surface area contributed by atoms with Gasteiger partial charge in [-0.25, -0.2) is 9.97 Å². The molecule has 0 unspecified atom stereocenters. The summed E-state index contributed by atoms with van der Waals surface area (Å²) in [4.78, 5) is 9.36. The van der Waals surface area contributed by atoms with E-state index in [4.69, 9.17) is 4.98 Å². The third-order valence-electron chi connectivity index (χ3n) is 4.27. The van der Waals surface area contributed by atoms with Crippen LogP contribution in [-0.4, -0.2) is 14.4 Å². The van der Waals surface area contributed by atoms with E-state index in [9.17, 15) is 0 Å². The molecule has 124 valence electrons. The maximum Gasteiger partial charge on any atom is 0.234 e. The summed E-state index contributed by atoms with van der Waals surface area (Å²) >= 11 is 0. The number of rotatable bonds is 4. The quantitative estimate of drug-likeness (QED) is 0.524. The summed E-state index contributed by atoms with van der Waals surface area (Å²) in [6.45, 7) is 4.12. The molecule has 0 saturated carbocycles.